The van der Waals surface area contributed by atoms with Crippen molar-refractivity contribution in [3.63, 3.8) is 0 Å². The summed E-state index contributed by atoms with van der Waals surface area (Å²) < 4.78 is 18.7. The van der Waals surface area contributed by atoms with Crippen LogP contribution in [0.1, 0.15) is 103 Å². The van der Waals surface area contributed by atoms with Gasteiger partial charge in [0.05, 0.1) is 25.2 Å². The highest BCUT2D eigenvalue weighted by Gasteiger charge is 2.31. The van der Waals surface area contributed by atoms with E-state index in [-0.39, 0.29) is 6.42 Å². The summed E-state index contributed by atoms with van der Waals surface area (Å²) in [5.74, 6) is -0.987. The van der Waals surface area contributed by atoms with E-state index < -0.39 is 44.0 Å². The fourth-order valence-corrected chi connectivity index (χ4v) is 3.24. The van der Waals surface area contributed by atoms with Crippen LogP contribution in [0.2, 0.25) is 0 Å². The van der Waals surface area contributed by atoms with Crippen molar-refractivity contribution in [3.8, 4) is 0 Å². The Morgan fingerprint density at radius 1 is 0.759 bits per heavy atom. The number of alkyl halides is 1. The average molecular weight is 421 g/mol. The summed E-state index contributed by atoms with van der Waals surface area (Å²) in [5.41, 5.74) is -1.32. The van der Waals surface area contributed by atoms with Crippen LogP contribution >= 0.6 is 0 Å². The normalized spacial score (nSPS) is 12.9. The average Bonchev–Trinajstić information content (AvgIpc) is 2.75. The highest BCUT2D eigenvalue weighted by molar-refractivity contribution is 5.74. The predicted octanol–water partition coefficient (Wildman–Crippen LogP) is 4.70. The highest BCUT2D eigenvalue weighted by atomic mass is 19.1. The van der Waals surface area contributed by atoms with Gasteiger partial charge in [-0.25, -0.2) is 9.18 Å². The minimum atomic E-state index is -1.69. The van der Waals surface area contributed by atoms with Gasteiger partial charge in [0, 0.05) is 0 Å². The van der Waals surface area contributed by atoms with Gasteiger partial charge < -0.3 is 20.1 Å². The fraction of sp³-hybridized carbons (Fsp3) is 0.957. The van der Waals surface area contributed by atoms with Crippen LogP contribution < -0.4 is 0 Å². The maximum atomic E-state index is 13.9. The Morgan fingerprint density at radius 3 is 1.52 bits per heavy atom. The summed E-state index contributed by atoms with van der Waals surface area (Å²) in [6.07, 6.45) is 15.5. The van der Waals surface area contributed by atoms with Gasteiger partial charge in [0.1, 0.15) is 6.61 Å². The van der Waals surface area contributed by atoms with Crippen LogP contribution in [0.4, 0.5) is 4.39 Å². The molecule has 29 heavy (non-hydrogen) atoms. The van der Waals surface area contributed by atoms with Gasteiger partial charge in [-0.2, -0.15) is 0 Å². The maximum absolute atomic E-state index is 13.9. The Hall–Kier alpha value is -0.720. The van der Waals surface area contributed by atoms with E-state index in [9.17, 15) is 9.18 Å². The molecule has 0 saturated heterocycles. The summed E-state index contributed by atoms with van der Waals surface area (Å²) in [7, 11) is 0. The molecule has 0 aromatic rings. The van der Waals surface area contributed by atoms with Crippen molar-refractivity contribution in [3.05, 3.63) is 0 Å². The smallest absolute Gasteiger partial charge is 0.340 e. The van der Waals surface area contributed by atoms with Crippen LogP contribution in [0.25, 0.3) is 0 Å². The molecule has 0 rings (SSSR count). The Kier molecular flexibility index (Phi) is 18.8. The molecule has 1 atom stereocenters. The Balaban J connectivity index is 3.53. The summed E-state index contributed by atoms with van der Waals surface area (Å²) in [4.78, 5) is 11.7. The molecule has 0 heterocycles. The molecule has 0 fully saturated rings. The molecule has 0 spiro atoms. The van der Waals surface area contributed by atoms with Crippen LogP contribution in [-0.4, -0.2) is 53.9 Å². The van der Waals surface area contributed by atoms with Crippen molar-refractivity contribution in [1.29, 1.82) is 0 Å². The number of aliphatic hydroxyl groups is 3. The van der Waals surface area contributed by atoms with Gasteiger partial charge in [0.2, 0.25) is 0 Å². The van der Waals surface area contributed by atoms with Crippen LogP contribution in [-0.2, 0) is 9.53 Å². The van der Waals surface area contributed by atoms with Crippen LogP contribution in [0.5, 0.6) is 0 Å². The summed E-state index contributed by atoms with van der Waals surface area (Å²) >= 11 is 0. The van der Waals surface area contributed by atoms with Crippen molar-refractivity contribution in [2.75, 3.05) is 26.4 Å². The third-order valence-electron chi connectivity index (χ3n) is 5.59. The zero-order valence-corrected chi connectivity index (χ0v) is 18.5. The highest BCUT2D eigenvalue weighted by Crippen LogP contribution is 2.18. The van der Waals surface area contributed by atoms with E-state index in [1.165, 1.54) is 64.2 Å². The monoisotopic (exact) mass is 420 g/mol. The van der Waals surface area contributed by atoms with E-state index >= 15 is 0 Å². The first-order valence-electron chi connectivity index (χ1n) is 11.7. The van der Waals surface area contributed by atoms with E-state index in [2.05, 4.69) is 6.92 Å². The van der Waals surface area contributed by atoms with Gasteiger partial charge in [0.25, 0.3) is 0 Å². The number of unbranched alkanes of at least 4 members (excludes halogenated alkanes) is 13. The molecule has 0 bridgehead atoms. The fourth-order valence-electron chi connectivity index (χ4n) is 3.24. The third-order valence-corrected chi connectivity index (χ3v) is 5.59. The van der Waals surface area contributed by atoms with Crippen molar-refractivity contribution in [2.24, 2.45) is 5.41 Å². The molecule has 0 radical (unpaired) electrons. The zero-order valence-electron chi connectivity index (χ0n) is 18.5. The Bertz CT molecular complexity index is 366. The van der Waals surface area contributed by atoms with Crippen molar-refractivity contribution in [2.45, 2.75) is 109 Å². The van der Waals surface area contributed by atoms with Gasteiger partial charge in [-0.15, -0.1) is 0 Å². The topological polar surface area (TPSA) is 87.0 Å². The van der Waals surface area contributed by atoms with Gasteiger partial charge in [-0.3, -0.25) is 0 Å². The quantitative estimate of drug-likeness (QED) is 0.185. The second kappa shape index (κ2) is 19.3. The first-order chi connectivity index (χ1) is 14.0. The Morgan fingerprint density at radius 2 is 1.14 bits per heavy atom. The standard InChI is InChI=1S/C23H45FO5/c1-2-3-4-5-6-7-8-9-10-11-12-13-14-15-16-21(24)22(28)29-20-23(17-25,18-26)19-27/h21,25-27H,2-20H2,1H3. The lowest BCUT2D eigenvalue weighted by atomic mass is 9.92. The van der Waals surface area contributed by atoms with Gasteiger partial charge in [0.15, 0.2) is 6.17 Å². The SMILES string of the molecule is CCCCCCCCCCCCCCCCC(F)C(=O)OCC(CO)(CO)CO. The molecular formula is C23H45FO5. The molecule has 0 amide bonds. The molecule has 0 aromatic carbocycles. The third kappa shape index (κ3) is 14.8. The van der Waals surface area contributed by atoms with Crippen molar-refractivity contribution in [1.82, 2.24) is 0 Å². The lowest BCUT2D eigenvalue weighted by Crippen LogP contribution is -2.40. The molecule has 0 aliphatic carbocycles. The zero-order chi connectivity index (χ0) is 21.8. The van der Waals surface area contributed by atoms with E-state index in [0.29, 0.717) is 6.42 Å². The number of carbonyl (C=O) groups is 1. The lowest BCUT2D eigenvalue weighted by molar-refractivity contribution is -0.157. The summed E-state index contributed by atoms with van der Waals surface area (Å²) in [6.45, 7) is 0.232. The molecule has 5 nitrogen and oxygen atoms in total. The van der Waals surface area contributed by atoms with Crippen LogP contribution in [0.15, 0.2) is 0 Å². The number of rotatable bonds is 21. The number of halogens is 1. The summed E-state index contributed by atoms with van der Waals surface area (Å²) in [5, 5.41) is 27.5. The number of aliphatic hydroxyl groups excluding tert-OH is 3. The second-order valence-corrected chi connectivity index (χ2v) is 8.43. The second-order valence-electron chi connectivity index (χ2n) is 8.43. The minimum absolute atomic E-state index is 0.126. The van der Waals surface area contributed by atoms with Crippen molar-refractivity contribution >= 4 is 5.97 Å². The number of carbonyl (C=O) groups excluding carboxylic acids is 1. The number of hydrogen-bond acceptors (Lipinski definition) is 5. The molecular weight excluding hydrogens is 375 g/mol. The molecule has 1 unspecified atom stereocenters. The molecule has 0 aliphatic rings. The molecule has 0 saturated carbocycles. The minimum Gasteiger partial charge on any atom is -0.463 e. The Labute approximate surface area is 177 Å². The van der Waals surface area contributed by atoms with E-state index in [1.54, 1.807) is 0 Å². The first-order valence-corrected chi connectivity index (χ1v) is 11.7. The molecule has 6 heteroatoms. The van der Waals surface area contributed by atoms with E-state index in [1.807, 2.05) is 0 Å². The number of hydrogen-bond donors (Lipinski definition) is 3. The van der Waals surface area contributed by atoms with E-state index in [4.69, 9.17) is 20.1 Å². The van der Waals surface area contributed by atoms with Gasteiger partial charge >= 0.3 is 5.97 Å². The maximum Gasteiger partial charge on any atom is 0.340 e. The number of ether oxygens (including phenoxy) is 1. The molecule has 0 aliphatic heterocycles. The number of esters is 1. The first kappa shape index (κ1) is 28.3. The molecule has 0 aromatic heterocycles. The van der Waals surface area contributed by atoms with Crippen LogP contribution in [0, 0.1) is 5.41 Å². The summed E-state index contributed by atoms with van der Waals surface area (Å²) in [6, 6.07) is 0. The largest absolute Gasteiger partial charge is 0.463 e. The van der Waals surface area contributed by atoms with Gasteiger partial charge in [-0.1, -0.05) is 90.4 Å². The van der Waals surface area contributed by atoms with E-state index in [0.717, 1.165) is 19.3 Å². The molecule has 3 N–H and O–H groups in total. The molecule has 174 valence electrons. The van der Waals surface area contributed by atoms with Crippen molar-refractivity contribution < 1.29 is 29.2 Å². The lowest BCUT2D eigenvalue weighted by Gasteiger charge is -2.26. The van der Waals surface area contributed by atoms with Gasteiger partial charge in [-0.05, 0) is 12.8 Å². The predicted molar refractivity (Wildman–Crippen MR) is 114 cm³/mol. The van der Waals surface area contributed by atoms with Crippen LogP contribution in [0.3, 0.4) is 0 Å².